The van der Waals surface area contributed by atoms with Crippen LogP contribution >= 0.6 is 0 Å². The van der Waals surface area contributed by atoms with E-state index in [1.807, 2.05) is 0 Å². The van der Waals surface area contributed by atoms with Gasteiger partial charge in [-0.05, 0) is 38.1 Å². The van der Waals surface area contributed by atoms with E-state index in [0.29, 0.717) is 24.9 Å². The molecule has 2 N–H and O–H groups in total. The van der Waals surface area contributed by atoms with Crippen molar-refractivity contribution in [2.75, 3.05) is 13.6 Å². The molecule has 0 radical (unpaired) electrons. The first kappa shape index (κ1) is 16.0. The second-order valence-electron chi connectivity index (χ2n) is 5.20. The number of guanidine groups is 1. The molecule has 2 rings (SSSR count). The van der Waals surface area contributed by atoms with Crippen LogP contribution in [-0.4, -0.2) is 30.6 Å². The van der Waals surface area contributed by atoms with E-state index in [9.17, 15) is 4.39 Å². The van der Waals surface area contributed by atoms with E-state index in [1.54, 1.807) is 25.4 Å². The highest BCUT2D eigenvalue weighted by atomic mass is 19.1. The first-order valence-corrected chi connectivity index (χ1v) is 7.26. The van der Waals surface area contributed by atoms with Crippen molar-refractivity contribution in [2.24, 2.45) is 4.99 Å². The smallest absolute Gasteiger partial charge is 0.226 e. The van der Waals surface area contributed by atoms with Crippen LogP contribution in [0.25, 0.3) is 11.5 Å². The van der Waals surface area contributed by atoms with Crippen LogP contribution in [0.4, 0.5) is 4.39 Å². The Bertz CT molecular complexity index is 619. The van der Waals surface area contributed by atoms with Crippen LogP contribution in [0.5, 0.6) is 0 Å². The largest absolute Gasteiger partial charge is 0.444 e. The Hall–Kier alpha value is -2.37. The SMILES string of the molecule is CN=C(NCCc1coc(-c2ccc(F)cc2)n1)NC(C)C. The van der Waals surface area contributed by atoms with Crippen molar-refractivity contribution in [3.8, 4) is 11.5 Å². The third-order valence-electron chi connectivity index (χ3n) is 2.97. The summed E-state index contributed by atoms with van der Waals surface area (Å²) in [5, 5.41) is 6.43. The lowest BCUT2D eigenvalue weighted by Gasteiger charge is -2.13. The van der Waals surface area contributed by atoms with Gasteiger partial charge in [-0.25, -0.2) is 9.37 Å². The minimum absolute atomic E-state index is 0.274. The number of hydrogen-bond acceptors (Lipinski definition) is 3. The Morgan fingerprint density at radius 1 is 1.32 bits per heavy atom. The van der Waals surface area contributed by atoms with E-state index in [4.69, 9.17) is 4.42 Å². The molecule has 1 heterocycles. The highest BCUT2D eigenvalue weighted by molar-refractivity contribution is 5.79. The van der Waals surface area contributed by atoms with E-state index in [0.717, 1.165) is 17.2 Å². The van der Waals surface area contributed by atoms with E-state index < -0.39 is 0 Å². The molecule has 0 aliphatic rings. The molecule has 6 heteroatoms. The van der Waals surface area contributed by atoms with Crippen LogP contribution in [0.3, 0.4) is 0 Å². The summed E-state index contributed by atoms with van der Waals surface area (Å²) in [4.78, 5) is 8.54. The second kappa shape index (κ2) is 7.59. The van der Waals surface area contributed by atoms with Crippen LogP contribution in [0.2, 0.25) is 0 Å². The van der Waals surface area contributed by atoms with Crippen molar-refractivity contribution in [3.05, 3.63) is 42.0 Å². The van der Waals surface area contributed by atoms with Crippen molar-refractivity contribution in [2.45, 2.75) is 26.3 Å². The third-order valence-corrected chi connectivity index (χ3v) is 2.97. The van der Waals surface area contributed by atoms with E-state index >= 15 is 0 Å². The maximum atomic E-state index is 12.9. The lowest BCUT2D eigenvalue weighted by atomic mass is 10.2. The number of aliphatic imine (C=N–C) groups is 1. The quantitative estimate of drug-likeness (QED) is 0.658. The zero-order valence-electron chi connectivity index (χ0n) is 13.1. The maximum Gasteiger partial charge on any atom is 0.226 e. The van der Waals surface area contributed by atoms with Crippen molar-refractivity contribution in [1.82, 2.24) is 15.6 Å². The topological polar surface area (TPSA) is 62.5 Å². The molecule has 1 aromatic heterocycles. The standard InChI is InChI=1S/C16H21FN4O/c1-11(2)20-16(18-3)19-9-8-14-10-22-15(21-14)12-4-6-13(17)7-5-12/h4-7,10-11H,8-9H2,1-3H3,(H2,18,19,20). The van der Waals surface area contributed by atoms with Gasteiger partial charge in [-0.2, -0.15) is 0 Å². The third kappa shape index (κ3) is 4.58. The van der Waals surface area contributed by atoms with Gasteiger partial charge in [-0.15, -0.1) is 0 Å². The summed E-state index contributed by atoms with van der Waals surface area (Å²) in [6, 6.07) is 6.41. The molecule has 2 aromatic rings. The molecule has 0 aliphatic heterocycles. The lowest BCUT2D eigenvalue weighted by molar-refractivity contribution is 0.571. The molecule has 0 unspecified atom stereocenters. The summed E-state index contributed by atoms with van der Waals surface area (Å²) in [6.07, 6.45) is 2.34. The molecule has 0 atom stereocenters. The highest BCUT2D eigenvalue weighted by Crippen LogP contribution is 2.18. The molecule has 1 aromatic carbocycles. The molecule has 5 nitrogen and oxygen atoms in total. The van der Waals surface area contributed by atoms with Gasteiger partial charge in [-0.1, -0.05) is 0 Å². The van der Waals surface area contributed by atoms with Gasteiger partial charge >= 0.3 is 0 Å². The number of aromatic nitrogens is 1. The van der Waals surface area contributed by atoms with Crippen LogP contribution in [-0.2, 0) is 6.42 Å². The average molecular weight is 304 g/mol. The number of hydrogen-bond donors (Lipinski definition) is 2. The van der Waals surface area contributed by atoms with E-state index in [-0.39, 0.29) is 5.82 Å². The highest BCUT2D eigenvalue weighted by Gasteiger charge is 2.07. The molecule has 0 spiro atoms. The van der Waals surface area contributed by atoms with Crippen molar-refractivity contribution >= 4 is 5.96 Å². The van der Waals surface area contributed by atoms with Crippen LogP contribution in [0, 0.1) is 5.82 Å². The molecule has 0 saturated carbocycles. The van der Waals surface area contributed by atoms with Gasteiger partial charge in [0.05, 0.1) is 5.69 Å². The normalized spacial score (nSPS) is 11.8. The Kier molecular flexibility index (Phi) is 5.52. The minimum atomic E-state index is -0.274. The molecule has 0 aliphatic carbocycles. The summed E-state index contributed by atoms with van der Waals surface area (Å²) in [6.45, 7) is 4.81. The monoisotopic (exact) mass is 304 g/mol. The van der Waals surface area contributed by atoms with Gasteiger partial charge in [0.1, 0.15) is 12.1 Å². The molecule has 22 heavy (non-hydrogen) atoms. The second-order valence-corrected chi connectivity index (χ2v) is 5.20. The van der Waals surface area contributed by atoms with Crippen LogP contribution in [0.1, 0.15) is 19.5 Å². The fourth-order valence-electron chi connectivity index (χ4n) is 1.92. The van der Waals surface area contributed by atoms with Gasteiger partial charge in [0, 0.05) is 31.6 Å². The van der Waals surface area contributed by atoms with Gasteiger partial charge in [0.25, 0.3) is 0 Å². The number of rotatable bonds is 5. The fraction of sp³-hybridized carbons (Fsp3) is 0.375. The molecule has 0 saturated heterocycles. The Labute approximate surface area is 129 Å². The lowest BCUT2D eigenvalue weighted by Crippen LogP contribution is -2.41. The van der Waals surface area contributed by atoms with Crippen LogP contribution in [0.15, 0.2) is 39.9 Å². The van der Waals surface area contributed by atoms with Crippen molar-refractivity contribution < 1.29 is 8.81 Å². The zero-order valence-corrected chi connectivity index (χ0v) is 13.1. The number of benzene rings is 1. The van der Waals surface area contributed by atoms with Gasteiger partial charge in [0.15, 0.2) is 5.96 Å². The number of oxazole rings is 1. The van der Waals surface area contributed by atoms with E-state index in [1.165, 1.54) is 12.1 Å². The molecule has 0 bridgehead atoms. The maximum absolute atomic E-state index is 12.9. The Balaban J connectivity index is 1.88. The number of halogens is 1. The van der Waals surface area contributed by atoms with Gasteiger partial charge in [0.2, 0.25) is 5.89 Å². The van der Waals surface area contributed by atoms with Crippen molar-refractivity contribution in [1.29, 1.82) is 0 Å². The van der Waals surface area contributed by atoms with Crippen LogP contribution < -0.4 is 10.6 Å². The summed E-state index contributed by atoms with van der Waals surface area (Å²) in [5.41, 5.74) is 1.60. The molecular weight excluding hydrogens is 283 g/mol. The zero-order chi connectivity index (χ0) is 15.9. The molecular formula is C16H21FN4O. The first-order chi connectivity index (χ1) is 10.6. The fourth-order valence-corrected chi connectivity index (χ4v) is 1.92. The van der Waals surface area contributed by atoms with Crippen molar-refractivity contribution in [3.63, 3.8) is 0 Å². The number of nitrogens with zero attached hydrogens (tertiary/aromatic N) is 2. The molecule has 118 valence electrons. The van der Waals surface area contributed by atoms with Gasteiger partial charge < -0.3 is 15.1 Å². The minimum Gasteiger partial charge on any atom is -0.444 e. The Morgan fingerprint density at radius 2 is 2.05 bits per heavy atom. The summed E-state index contributed by atoms with van der Waals surface area (Å²) >= 11 is 0. The Morgan fingerprint density at radius 3 is 2.68 bits per heavy atom. The predicted molar refractivity (Wildman–Crippen MR) is 85.2 cm³/mol. The summed E-state index contributed by atoms with van der Waals surface area (Å²) in [5.74, 6) is 0.987. The summed E-state index contributed by atoms with van der Waals surface area (Å²) in [7, 11) is 1.74. The average Bonchev–Trinajstić information content (AvgIpc) is 2.95. The molecule has 0 amide bonds. The van der Waals surface area contributed by atoms with Gasteiger partial charge in [-0.3, -0.25) is 4.99 Å². The number of nitrogens with one attached hydrogen (secondary N) is 2. The van der Waals surface area contributed by atoms with E-state index in [2.05, 4.69) is 34.5 Å². The molecule has 0 fully saturated rings. The first-order valence-electron chi connectivity index (χ1n) is 7.26. The summed E-state index contributed by atoms with van der Waals surface area (Å²) < 4.78 is 18.3. The predicted octanol–water partition coefficient (Wildman–Crippen LogP) is 2.60.